The number of aliphatic hydroxyl groups excluding tert-OH is 1. The summed E-state index contributed by atoms with van der Waals surface area (Å²) in [6.45, 7) is 0.347. The summed E-state index contributed by atoms with van der Waals surface area (Å²) in [5.74, 6) is 0.691. The van der Waals surface area contributed by atoms with Crippen LogP contribution in [-0.2, 0) is 6.61 Å². The zero-order chi connectivity index (χ0) is 10.7. The van der Waals surface area contributed by atoms with Crippen LogP contribution in [0.5, 0.6) is 5.88 Å². The maximum absolute atomic E-state index is 12.8. The van der Waals surface area contributed by atoms with E-state index in [9.17, 15) is 4.39 Å². The van der Waals surface area contributed by atoms with Gasteiger partial charge in [0.1, 0.15) is 5.82 Å². The van der Waals surface area contributed by atoms with Crippen LogP contribution in [-0.4, -0.2) is 16.7 Å². The molecule has 0 unspecified atom stereocenters. The molecule has 1 heterocycles. The monoisotopic (exact) mass is 211 g/mol. The highest BCUT2D eigenvalue weighted by Crippen LogP contribution is 2.32. The Hall–Kier alpha value is -1.16. The van der Waals surface area contributed by atoms with Gasteiger partial charge in [0, 0.05) is 5.56 Å². The van der Waals surface area contributed by atoms with Crippen molar-refractivity contribution in [2.24, 2.45) is 5.92 Å². The van der Waals surface area contributed by atoms with Crippen LogP contribution >= 0.6 is 0 Å². The average molecular weight is 211 g/mol. The van der Waals surface area contributed by atoms with E-state index in [1.54, 1.807) is 0 Å². The van der Waals surface area contributed by atoms with Crippen molar-refractivity contribution < 1.29 is 14.2 Å². The molecule has 1 aromatic heterocycles. The summed E-state index contributed by atoms with van der Waals surface area (Å²) in [6, 6.07) is 1.25. The molecule has 0 aliphatic heterocycles. The Bertz CT molecular complexity index is 339. The molecule has 0 saturated heterocycles. The SMILES string of the molecule is OCc1cc(F)cnc1OCCC1CC1. The van der Waals surface area contributed by atoms with Crippen molar-refractivity contribution in [1.82, 2.24) is 4.98 Å². The summed E-state index contributed by atoms with van der Waals surface area (Å²) in [5, 5.41) is 8.98. The molecule has 3 nitrogen and oxygen atoms in total. The van der Waals surface area contributed by atoms with Crippen LogP contribution in [0.1, 0.15) is 24.8 Å². The van der Waals surface area contributed by atoms with Gasteiger partial charge in [0.05, 0.1) is 19.4 Å². The number of hydrogen-bond acceptors (Lipinski definition) is 3. The molecule has 1 aliphatic carbocycles. The fourth-order valence-corrected chi connectivity index (χ4v) is 1.44. The van der Waals surface area contributed by atoms with Crippen molar-refractivity contribution in [1.29, 1.82) is 0 Å². The lowest BCUT2D eigenvalue weighted by Crippen LogP contribution is -2.03. The van der Waals surface area contributed by atoms with Gasteiger partial charge in [0.2, 0.25) is 5.88 Å². The Morgan fingerprint density at radius 2 is 2.33 bits per heavy atom. The van der Waals surface area contributed by atoms with E-state index in [1.807, 2.05) is 0 Å². The van der Waals surface area contributed by atoms with Crippen LogP contribution in [0.15, 0.2) is 12.3 Å². The topological polar surface area (TPSA) is 42.4 Å². The maximum Gasteiger partial charge on any atom is 0.219 e. The summed E-state index contributed by atoms with van der Waals surface area (Å²) in [7, 11) is 0. The normalized spacial score (nSPS) is 15.3. The second kappa shape index (κ2) is 4.57. The summed E-state index contributed by atoms with van der Waals surface area (Å²) >= 11 is 0. The molecule has 0 spiro atoms. The highest BCUT2D eigenvalue weighted by molar-refractivity contribution is 5.25. The number of aliphatic hydroxyl groups is 1. The minimum Gasteiger partial charge on any atom is -0.477 e. The highest BCUT2D eigenvalue weighted by atomic mass is 19.1. The zero-order valence-corrected chi connectivity index (χ0v) is 8.45. The number of rotatable bonds is 5. The molecule has 4 heteroatoms. The lowest BCUT2D eigenvalue weighted by molar-refractivity contribution is 0.252. The van der Waals surface area contributed by atoms with Gasteiger partial charge >= 0.3 is 0 Å². The Labute approximate surface area is 87.9 Å². The maximum atomic E-state index is 12.8. The molecule has 2 rings (SSSR count). The third-order valence-corrected chi connectivity index (χ3v) is 2.52. The van der Waals surface area contributed by atoms with Crippen molar-refractivity contribution in [2.45, 2.75) is 25.9 Å². The van der Waals surface area contributed by atoms with Crippen LogP contribution in [0.4, 0.5) is 4.39 Å². The first kappa shape index (κ1) is 10.4. The van der Waals surface area contributed by atoms with Crippen molar-refractivity contribution in [2.75, 3.05) is 6.61 Å². The van der Waals surface area contributed by atoms with Crippen LogP contribution in [0.2, 0.25) is 0 Å². The summed E-state index contributed by atoms with van der Waals surface area (Å²) in [5.41, 5.74) is 0.408. The van der Waals surface area contributed by atoms with Crippen LogP contribution in [0.3, 0.4) is 0 Å². The van der Waals surface area contributed by atoms with Crippen LogP contribution in [0.25, 0.3) is 0 Å². The Morgan fingerprint density at radius 1 is 1.53 bits per heavy atom. The number of nitrogens with zero attached hydrogens (tertiary/aromatic N) is 1. The van der Waals surface area contributed by atoms with E-state index in [-0.39, 0.29) is 6.61 Å². The molecule has 1 aromatic rings. The molecule has 15 heavy (non-hydrogen) atoms. The van der Waals surface area contributed by atoms with Crippen molar-refractivity contribution in [3.8, 4) is 5.88 Å². The van der Waals surface area contributed by atoms with E-state index in [0.29, 0.717) is 18.1 Å². The van der Waals surface area contributed by atoms with Gasteiger partial charge in [-0.3, -0.25) is 0 Å². The molecule has 0 amide bonds. The molecule has 1 fully saturated rings. The fourth-order valence-electron chi connectivity index (χ4n) is 1.44. The van der Waals surface area contributed by atoms with Crippen molar-refractivity contribution in [3.63, 3.8) is 0 Å². The predicted octanol–water partition coefficient (Wildman–Crippen LogP) is 1.89. The summed E-state index contributed by atoms with van der Waals surface area (Å²) < 4.78 is 18.2. The van der Waals surface area contributed by atoms with Crippen molar-refractivity contribution >= 4 is 0 Å². The first-order valence-corrected chi connectivity index (χ1v) is 5.17. The average Bonchev–Trinajstić information content (AvgIpc) is 3.04. The van der Waals surface area contributed by atoms with Crippen LogP contribution in [0, 0.1) is 11.7 Å². The van der Waals surface area contributed by atoms with Crippen molar-refractivity contribution in [3.05, 3.63) is 23.6 Å². The number of hydrogen-bond donors (Lipinski definition) is 1. The van der Waals surface area contributed by atoms with Gasteiger partial charge in [-0.25, -0.2) is 9.37 Å². The molecule has 82 valence electrons. The van der Waals surface area contributed by atoms with Crippen LogP contribution < -0.4 is 4.74 Å². The third kappa shape index (κ3) is 2.89. The number of ether oxygens (including phenoxy) is 1. The highest BCUT2D eigenvalue weighted by Gasteiger charge is 2.21. The molecule has 0 radical (unpaired) electrons. The van der Waals surface area contributed by atoms with E-state index in [4.69, 9.17) is 9.84 Å². The van der Waals surface area contributed by atoms with E-state index in [2.05, 4.69) is 4.98 Å². The Balaban J connectivity index is 1.92. The quantitative estimate of drug-likeness (QED) is 0.808. The van der Waals surface area contributed by atoms with Gasteiger partial charge < -0.3 is 9.84 Å². The summed E-state index contributed by atoms with van der Waals surface area (Å²) in [4.78, 5) is 3.81. The van der Waals surface area contributed by atoms with E-state index in [1.165, 1.54) is 18.9 Å². The smallest absolute Gasteiger partial charge is 0.219 e. The molecule has 0 atom stereocenters. The van der Waals surface area contributed by atoms with Gasteiger partial charge in [-0.2, -0.15) is 0 Å². The van der Waals surface area contributed by atoms with E-state index < -0.39 is 5.82 Å². The molecule has 1 aliphatic rings. The second-order valence-corrected chi connectivity index (χ2v) is 3.86. The lowest BCUT2D eigenvalue weighted by Gasteiger charge is -2.08. The number of pyridine rings is 1. The predicted molar refractivity (Wildman–Crippen MR) is 53.0 cm³/mol. The largest absolute Gasteiger partial charge is 0.477 e. The van der Waals surface area contributed by atoms with E-state index >= 15 is 0 Å². The van der Waals surface area contributed by atoms with Gasteiger partial charge in [0.15, 0.2) is 0 Å². The number of halogens is 1. The Kier molecular flexibility index (Phi) is 3.16. The molecular weight excluding hydrogens is 197 g/mol. The minimum atomic E-state index is -0.450. The first-order valence-electron chi connectivity index (χ1n) is 5.17. The number of aromatic nitrogens is 1. The minimum absolute atomic E-state index is 0.247. The van der Waals surface area contributed by atoms with Gasteiger partial charge in [-0.15, -0.1) is 0 Å². The Morgan fingerprint density at radius 3 is 3.00 bits per heavy atom. The van der Waals surface area contributed by atoms with E-state index in [0.717, 1.165) is 18.5 Å². The fraction of sp³-hybridized carbons (Fsp3) is 0.545. The standard InChI is InChI=1S/C11H14FNO2/c12-10-5-9(7-14)11(13-6-10)15-4-3-8-1-2-8/h5-6,8,14H,1-4,7H2. The van der Waals surface area contributed by atoms with Gasteiger partial charge in [0.25, 0.3) is 0 Å². The zero-order valence-electron chi connectivity index (χ0n) is 8.45. The molecule has 1 N–H and O–H groups in total. The molecule has 0 bridgehead atoms. The van der Waals surface area contributed by atoms with Gasteiger partial charge in [-0.05, 0) is 18.4 Å². The third-order valence-electron chi connectivity index (χ3n) is 2.52. The molecular formula is C11H14FNO2. The van der Waals surface area contributed by atoms with Gasteiger partial charge in [-0.1, -0.05) is 12.8 Å². The molecule has 0 aromatic carbocycles. The summed E-state index contributed by atoms with van der Waals surface area (Å²) in [6.07, 6.45) is 4.69. The first-order chi connectivity index (χ1) is 7.29. The second-order valence-electron chi connectivity index (χ2n) is 3.86. The lowest BCUT2D eigenvalue weighted by atomic mass is 10.3. The molecule has 1 saturated carbocycles.